The fourth-order valence-electron chi connectivity index (χ4n) is 2.24. The van der Waals surface area contributed by atoms with Crippen molar-refractivity contribution in [2.24, 2.45) is 0 Å². The number of halogens is 1. The van der Waals surface area contributed by atoms with Crippen molar-refractivity contribution in [3.63, 3.8) is 0 Å². The van der Waals surface area contributed by atoms with Gasteiger partial charge in [-0.1, -0.05) is 17.7 Å². The molecule has 0 atom stereocenters. The number of amides is 1. The molecular weight excluding hydrogens is 456 g/mol. The highest BCUT2D eigenvalue weighted by Crippen LogP contribution is 2.26. The molecule has 0 aliphatic carbocycles. The third-order valence-electron chi connectivity index (χ3n) is 3.81. The summed E-state index contributed by atoms with van der Waals surface area (Å²) in [4.78, 5) is 23.9. The van der Waals surface area contributed by atoms with Crippen LogP contribution in [0.25, 0.3) is 0 Å². The summed E-state index contributed by atoms with van der Waals surface area (Å²) in [6.07, 6.45) is 1.00. The van der Waals surface area contributed by atoms with E-state index in [1.165, 1.54) is 50.5 Å². The van der Waals surface area contributed by atoms with Crippen molar-refractivity contribution < 1.29 is 31.2 Å². The molecule has 162 valence electrons. The first-order chi connectivity index (χ1) is 13.8. The number of sulfonamides is 1. The maximum atomic E-state index is 12.3. The molecule has 1 amide bonds. The van der Waals surface area contributed by atoms with Gasteiger partial charge in [-0.2, -0.15) is 0 Å². The highest BCUT2D eigenvalue weighted by molar-refractivity contribution is 7.90. The fourth-order valence-corrected chi connectivity index (χ4v) is 4.30. The van der Waals surface area contributed by atoms with Crippen molar-refractivity contribution in [2.45, 2.75) is 9.79 Å². The van der Waals surface area contributed by atoms with E-state index >= 15 is 0 Å². The van der Waals surface area contributed by atoms with Gasteiger partial charge in [0, 0.05) is 26.0 Å². The van der Waals surface area contributed by atoms with Crippen molar-refractivity contribution in [1.29, 1.82) is 0 Å². The molecule has 0 aliphatic rings. The number of esters is 1. The zero-order chi connectivity index (χ0) is 22.7. The second-order valence-corrected chi connectivity index (χ2v) is 10.9. The van der Waals surface area contributed by atoms with Crippen molar-refractivity contribution in [1.82, 2.24) is 4.31 Å². The average molecular weight is 475 g/mol. The molecular formula is C18H19ClN2O7S2. The number of benzene rings is 2. The van der Waals surface area contributed by atoms with Gasteiger partial charge in [0.2, 0.25) is 10.0 Å². The first-order valence-corrected chi connectivity index (χ1v) is 12.0. The minimum atomic E-state index is -3.83. The van der Waals surface area contributed by atoms with E-state index in [9.17, 15) is 26.4 Å². The number of rotatable bonds is 7. The van der Waals surface area contributed by atoms with Gasteiger partial charge < -0.3 is 10.1 Å². The molecule has 0 bridgehead atoms. The zero-order valence-electron chi connectivity index (χ0n) is 16.2. The summed E-state index contributed by atoms with van der Waals surface area (Å²) in [6.45, 7) is -0.666. The molecule has 30 heavy (non-hydrogen) atoms. The molecule has 2 aromatic rings. The van der Waals surface area contributed by atoms with E-state index in [0.29, 0.717) is 0 Å². The maximum absolute atomic E-state index is 12.3. The van der Waals surface area contributed by atoms with E-state index in [4.69, 9.17) is 16.3 Å². The van der Waals surface area contributed by atoms with Crippen LogP contribution in [0.5, 0.6) is 0 Å². The van der Waals surface area contributed by atoms with Crippen LogP contribution in [0.4, 0.5) is 5.69 Å². The molecule has 0 fully saturated rings. The summed E-state index contributed by atoms with van der Waals surface area (Å²) in [5.74, 6) is -1.61. The van der Waals surface area contributed by atoms with Gasteiger partial charge in [-0.25, -0.2) is 25.9 Å². The maximum Gasteiger partial charge on any atom is 0.338 e. The number of nitrogens with one attached hydrogen (secondary N) is 1. The molecule has 0 saturated heterocycles. The van der Waals surface area contributed by atoms with Crippen molar-refractivity contribution in [3.05, 3.63) is 53.1 Å². The lowest BCUT2D eigenvalue weighted by molar-refractivity contribution is -0.119. The topological polar surface area (TPSA) is 127 Å². The molecule has 0 spiro atoms. The van der Waals surface area contributed by atoms with E-state index in [2.05, 4.69) is 5.32 Å². The Morgan fingerprint density at radius 2 is 1.73 bits per heavy atom. The van der Waals surface area contributed by atoms with Gasteiger partial charge in [0.05, 0.1) is 15.5 Å². The molecule has 0 aromatic heterocycles. The molecule has 1 N–H and O–H groups in total. The van der Waals surface area contributed by atoms with Gasteiger partial charge in [0.1, 0.15) is 4.90 Å². The Balaban J connectivity index is 2.08. The van der Waals surface area contributed by atoms with E-state index in [-0.39, 0.29) is 26.1 Å². The SMILES string of the molecule is CN(C)S(=O)(=O)c1cc(NC(=O)COC(=O)c2cccc(S(C)(=O)=O)c2)ccc1Cl. The fraction of sp³-hybridized carbons (Fsp3) is 0.222. The Kier molecular flexibility index (Phi) is 7.24. The Morgan fingerprint density at radius 1 is 1.07 bits per heavy atom. The molecule has 2 aromatic carbocycles. The highest BCUT2D eigenvalue weighted by Gasteiger charge is 2.22. The molecule has 12 heteroatoms. The van der Waals surface area contributed by atoms with Crippen molar-refractivity contribution >= 4 is 49.0 Å². The molecule has 0 saturated carbocycles. The van der Waals surface area contributed by atoms with Gasteiger partial charge in [0.25, 0.3) is 5.91 Å². The lowest BCUT2D eigenvalue weighted by atomic mass is 10.2. The molecule has 0 aliphatic heterocycles. The minimum Gasteiger partial charge on any atom is -0.452 e. The predicted molar refractivity (Wildman–Crippen MR) is 111 cm³/mol. The van der Waals surface area contributed by atoms with Crippen LogP contribution in [-0.2, 0) is 29.4 Å². The predicted octanol–water partition coefficient (Wildman–Crippen LogP) is 1.79. The van der Waals surface area contributed by atoms with Crippen molar-refractivity contribution in [3.8, 4) is 0 Å². The van der Waals surface area contributed by atoms with Crippen molar-refractivity contribution in [2.75, 3.05) is 32.3 Å². The summed E-state index contributed by atoms with van der Waals surface area (Å²) >= 11 is 5.95. The number of sulfone groups is 1. The Bertz CT molecular complexity index is 1190. The van der Waals surface area contributed by atoms with Gasteiger partial charge in [-0.15, -0.1) is 0 Å². The van der Waals surface area contributed by atoms with Crippen LogP contribution in [0.2, 0.25) is 5.02 Å². The number of anilines is 1. The summed E-state index contributed by atoms with van der Waals surface area (Å²) in [7, 11) is -4.65. The number of carbonyl (C=O) groups is 2. The summed E-state index contributed by atoms with van der Waals surface area (Å²) in [5.41, 5.74) is 0.108. The monoisotopic (exact) mass is 474 g/mol. The van der Waals surface area contributed by atoms with Crippen LogP contribution in [0, 0.1) is 0 Å². The second-order valence-electron chi connectivity index (χ2n) is 6.36. The minimum absolute atomic E-state index is 0.0149. The first-order valence-electron chi connectivity index (χ1n) is 8.31. The lowest BCUT2D eigenvalue weighted by Gasteiger charge is -2.14. The standard InChI is InChI=1S/C18H19ClN2O7S2/c1-21(2)30(26,27)16-10-13(7-8-15(16)19)20-17(22)11-28-18(23)12-5-4-6-14(9-12)29(3,24)25/h4-10H,11H2,1-3H3,(H,20,22). The van der Waals surface area contributed by atoms with Crippen LogP contribution in [0.15, 0.2) is 52.3 Å². The lowest BCUT2D eigenvalue weighted by Crippen LogP contribution is -2.23. The third-order valence-corrected chi connectivity index (χ3v) is 7.21. The van der Waals surface area contributed by atoms with Crippen LogP contribution < -0.4 is 5.32 Å². The summed E-state index contributed by atoms with van der Waals surface area (Å²) < 4.78 is 53.6. The zero-order valence-corrected chi connectivity index (χ0v) is 18.6. The number of carbonyl (C=O) groups excluding carboxylic acids is 2. The summed E-state index contributed by atoms with van der Waals surface area (Å²) in [5, 5.41) is 2.39. The smallest absolute Gasteiger partial charge is 0.338 e. The Hall–Kier alpha value is -2.47. The number of nitrogens with zero attached hydrogens (tertiary/aromatic N) is 1. The van der Waals surface area contributed by atoms with E-state index in [0.717, 1.165) is 16.6 Å². The van der Waals surface area contributed by atoms with Gasteiger partial charge in [0.15, 0.2) is 16.4 Å². The van der Waals surface area contributed by atoms with Gasteiger partial charge in [-0.05, 0) is 36.4 Å². The molecule has 0 heterocycles. The largest absolute Gasteiger partial charge is 0.452 e. The normalized spacial score (nSPS) is 11.9. The van der Waals surface area contributed by atoms with E-state index in [1.54, 1.807) is 0 Å². The van der Waals surface area contributed by atoms with Crippen LogP contribution in [-0.4, -0.2) is 60.0 Å². The van der Waals surface area contributed by atoms with E-state index in [1.807, 2.05) is 0 Å². The molecule has 0 unspecified atom stereocenters. The quantitative estimate of drug-likeness (QED) is 0.606. The van der Waals surface area contributed by atoms with Gasteiger partial charge in [-0.3, -0.25) is 4.79 Å². The average Bonchev–Trinajstić information content (AvgIpc) is 2.66. The second kappa shape index (κ2) is 9.13. The molecule has 9 nitrogen and oxygen atoms in total. The Labute approximate surface area is 179 Å². The summed E-state index contributed by atoms with van der Waals surface area (Å²) in [6, 6.07) is 9.11. The third kappa shape index (κ3) is 5.79. The van der Waals surface area contributed by atoms with Crippen LogP contribution in [0.3, 0.4) is 0 Å². The van der Waals surface area contributed by atoms with Gasteiger partial charge >= 0.3 is 5.97 Å². The number of hydrogen-bond donors (Lipinski definition) is 1. The van der Waals surface area contributed by atoms with E-state index < -0.39 is 38.3 Å². The highest BCUT2D eigenvalue weighted by atomic mass is 35.5. The molecule has 2 rings (SSSR count). The molecule has 0 radical (unpaired) electrons. The van der Waals surface area contributed by atoms with Crippen LogP contribution in [0.1, 0.15) is 10.4 Å². The Morgan fingerprint density at radius 3 is 2.33 bits per heavy atom. The number of hydrogen-bond acceptors (Lipinski definition) is 7. The first kappa shape index (κ1) is 23.8. The van der Waals surface area contributed by atoms with Crippen LogP contribution >= 0.6 is 11.6 Å². The number of ether oxygens (including phenoxy) is 1.